The number of carbonyl (C=O) groups is 1. The van der Waals surface area contributed by atoms with Crippen LogP contribution in [0.2, 0.25) is 0 Å². The van der Waals surface area contributed by atoms with Crippen LogP contribution in [0.4, 0.5) is 5.69 Å². The van der Waals surface area contributed by atoms with Gasteiger partial charge in [-0.2, -0.15) is 0 Å². The van der Waals surface area contributed by atoms with Gasteiger partial charge in [-0.05, 0) is 31.2 Å². The van der Waals surface area contributed by atoms with Crippen molar-refractivity contribution in [1.29, 1.82) is 0 Å². The molecule has 0 radical (unpaired) electrons. The summed E-state index contributed by atoms with van der Waals surface area (Å²) in [6, 6.07) is 7.99. The molecule has 1 aromatic rings. The van der Waals surface area contributed by atoms with Gasteiger partial charge in [0.1, 0.15) is 5.75 Å². The molecule has 0 unspecified atom stereocenters. The maximum Gasteiger partial charge on any atom is 0.275 e. The summed E-state index contributed by atoms with van der Waals surface area (Å²) in [7, 11) is 1.67. The fraction of sp³-hybridized carbons (Fsp3) is 0.500. The van der Waals surface area contributed by atoms with Gasteiger partial charge in [0.25, 0.3) is 5.91 Å². The molecule has 1 aliphatic heterocycles. The number of hydrogen-bond acceptors (Lipinski definition) is 3. The van der Waals surface area contributed by atoms with E-state index in [9.17, 15) is 4.79 Å². The zero-order valence-electron chi connectivity index (χ0n) is 11.6. The van der Waals surface area contributed by atoms with Gasteiger partial charge in [-0.1, -0.05) is 0 Å². The molecule has 0 bridgehead atoms. The summed E-state index contributed by atoms with van der Waals surface area (Å²) in [4.78, 5) is 14.8. The predicted molar refractivity (Wildman–Crippen MR) is 74.6 cm³/mol. The van der Waals surface area contributed by atoms with E-state index >= 15 is 0 Å². The number of anilines is 1. The number of piperazine rings is 1. The van der Waals surface area contributed by atoms with Crippen LogP contribution in [-0.4, -0.2) is 45.2 Å². The molecule has 1 aromatic carbocycles. The zero-order chi connectivity index (χ0) is 13.8. The lowest BCUT2D eigenvalue weighted by Gasteiger charge is -2.35. The van der Waals surface area contributed by atoms with Crippen LogP contribution >= 0.6 is 0 Å². The molecule has 5 heteroatoms. The Balaban J connectivity index is 1.93. The van der Waals surface area contributed by atoms with Gasteiger partial charge in [0.2, 0.25) is 0 Å². The molecule has 2 rings (SSSR count). The van der Waals surface area contributed by atoms with Crippen molar-refractivity contribution >= 4 is 11.6 Å². The highest BCUT2D eigenvalue weighted by Gasteiger charge is 2.27. The minimum absolute atomic E-state index is 0.0991. The molecule has 1 amide bonds. The Hall–Kier alpha value is -1.75. The molecule has 0 aliphatic carbocycles. The third kappa shape index (κ3) is 3.17. The largest absolute Gasteiger partial charge is 0.497 e. The average molecular weight is 264 g/mol. The number of nitrogens with two attached hydrogens (primary N) is 1. The summed E-state index contributed by atoms with van der Waals surface area (Å²) in [5, 5.41) is 0. The first-order chi connectivity index (χ1) is 9.11. The van der Waals surface area contributed by atoms with E-state index in [0.717, 1.165) is 31.9 Å². The Morgan fingerprint density at radius 3 is 2.37 bits per heavy atom. The lowest BCUT2D eigenvalue weighted by atomic mass is 10.2. The third-order valence-electron chi connectivity index (χ3n) is 3.88. The molecular weight excluding hydrogens is 242 g/mol. The fourth-order valence-corrected chi connectivity index (χ4v) is 2.48. The van der Waals surface area contributed by atoms with Gasteiger partial charge >= 0.3 is 0 Å². The van der Waals surface area contributed by atoms with Crippen molar-refractivity contribution in [2.75, 3.05) is 38.2 Å². The summed E-state index contributed by atoms with van der Waals surface area (Å²) in [6.45, 7) is 5.67. The predicted octanol–water partition coefficient (Wildman–Crippen LogP) is -0.726. The number of hydrogen-bond donors (Lipinski definition) is 2. The molecule has 0 spiro atoms. The van der Waals surface area contributed by atoms with Crippen LogP contribution in [-0.2, 0) is 4.79 Å². The molecule has 1 heterocycles. The topological polar surface area (TPSA) is 60.0 Å². The molecule has 0 aromatic heterocycles. The fourth-order valence-electron chi connectivity index (χ4n) is 2.48. The van der Waals surface area contributed by atoms with Gasteiger partial charge in [0, 0.05) is 5.69 Å². The molecule has 19 heavy (non-hydrogen) atoms. The first-order valence-corrected chi connectivity index (χ1v) is 6.64. The molecule has 0 saturated carbocycles. The van der Waals surface area contributed by atoms with Crippen LogP contribution in [0.3, 0.4) is 0 Å². The van der Waals surface area contributed by atoms with E-state index in [1.54, 1.807) is 7.11 Å². The van der Waals surface area contributed by atoms with E-state index in [-0.39, 0.29) is 11.9 Å². The van der Waals surface area contributed by atoms with Crippen LogP contribution in [0.15, 0.2) is 24.3 Å². The second kappa shape index (κ2) is 5.93. The van der Waals surface area contributed by atoms with Crippen molar-refractivity contribution in [1.82, 2.24) is 0 Å². The number of ether oxygens (including phenoxy) is 1. The number of carbonyl (C=O) groups excluding carboxylic acids is 1. The minimum atomic E-state index is -0.215. The number of benzene rings is 1. The molecule has 5 nitrogen and oxygen atoms in total. The Bertz CT molecular complexity index is 425. The number of methoxy groups -OCH3 is 1. The van der Waals surface area contributed by atoms with Gasteiger partial charge in [0.05, 0.1) is 33.3 Å². The molecule has 3 N–H and O–H groups in total. The highest BCUT2D eigenvalue weighted by atomic mass is 16.5. The van der Waals surface area contributed by atoms with Crippen LogP contribution in [0.25, 0.3) is 0 Å². The van der Waals surface area contributed by atoms with E-state index in [1.165, 1.54) is 10.6 Å². The highest BCUT2D eigenvalue weighted by Crippen LogP contribution is 2.18. The van der Waals surface area contributed by atoms with E-state index in [1.807, 2.05) is 19.1 Å². The number of rotatable bonds is 4. The molecule has 1 saturated heterocycles. The molecule has 1 fully saturated rings. The SMILES string of the molecule is COc1ccc(N2CC[NH+]([C@@H](C)C(N)=O)CC2)cc1. The minimum Gasteiger partial charge on any atom is -0.497 e. The van der Waals surface area contributed by atoms with Crippen molar-refractivity contribution in [3.63, 3.8) is 0 Å². The molecule has 1 atom stereocenters. The smallest absolute Gasteiger partial charge is 0.275 e. The van der Waals surface area contributed by atoms with Crippen molar-refractivity contribution < 1.29 is 14.4 Å². The average Bonchev–Trinajstić information content (AvgIpc) is 2.46. The Labute approximate surface area is 113 Å². The van der Waals surface area contributed by atoms with Crippen LogP contribution in [0.5, 0.6) is 5.75 Å². The summed E-state index contributed by atoms with van der Waals surface area (Å²) in [5.41, 5.74) is 6.56. The van der Waals surface area contributed by atoms with Crippen LogP contribution < -0.4 is 20.3 Å². The Morgan fingerprint density at radius 2 is 1.89 bits per heavy atom. The van der Waals surface area contributed by atoms with Crippen molar-refractivity contribution in [3.8, 4) is 5.75 Å². The van der Waals surface area contributed by atoms with E-state index in [4.69, 9.17) is 10.5 Å². The quantitative estimate of drug-likeness (QED) is 0.754. The maximum atomic E-state index is 11.2. The summed E-state index contributed by atoms with van der Waals surface area (Å²) >= 11 is 0. The molecule has 104 valence electrons. The first kappa shape index (κ1) is 13.7. The van der Waals surface area contributed by atoms with Crippen molar-refractivity contribution in [2.45, 2.75) is 13.0 Å². The second-order valence-corrected chi connectivity index (χ2v) is 4.97. The summed E-state index contributed by atoms with van der Waals surface area (Å²) in [6.07, 6.45) is 0. The van der Waals surface area contributed by atoms with E-state index < -0.39 is 0 Å². The number of primary amides is 1. The monoisotopic (exact) mass is 264 g/mol. The number of amides is 1. The van der Waals surface area contributed by atoms with E-state index in [2.05, 4.69) is 17.0 Å². The highest BCUT2D eigenvalue weighted by molar-refractivity contribution is 5.77. The third-order valence-corrected chi connectivity index (χ3v) is 3.88. The summed E-state index contributed by atoms with van der Waals surface area (Å²) in [5.74, 6) is 0.656. The van der Waals surface area contributed by atoms with E-state index in [0.29, 0.717) is 0 Å². The van der Waals surface area contributed by atoms with Gasteiger partial charge in [0.15, 0.2) is 6.04 Å². The van der Waals surface area contributed by atoms with Crippen molar-refractivity contribution in [3.05, 3.63) is 24.3 Å². The first-order valence-electron chi connectivity index (χ1n) is 6.64. The van der Waals surface area contributed by atoms with Gasteiger partial charge < -0.3 is 20.3 Å². The van der Waals surface area contributed by atoms with Crippen LogP contribution in [0.1, 0.15) is 6.92 Å². The number of nitrogens with zero attached hydrogens (tertiary/aromatic N) is 1. The van der Waals surface area contributed by atoms with Gasteiger partial charge in [-0.15, -0.1) is 0 Å². The number of nitrogens with one attached hydrogen (secondary N) is 1. The number of quaternary nitrogens is 1. The normalized spacial score (nSPS) is 18.1. The lowest BCUT2D eigenvalue weighted by Crippen LogP contribution is -3.19. The van der Waals surface area contributed by atoms with Gasteiger partial charge in [-0.25, -0.2) is 0 Å². The molecule has 1 aliphatic rings. The Morgan fingerprint density at radius 1 is 1.32 bits per heavy atom. The Kier molecular flexibility index (Phi) is 4.27. The summed E-state index contributed by atoms with van der Waals surface area (Å²) < 4.78 is 5.16. The zero-order valence-corrected chi connectivity index (χ0v) is 11.6. The standard InChI is InChI=1S/C14H21N3O2/c1-11(14(15)18)16-7-9-17(10-8-16)12-3-5-13(19-2)6-4-12/h3-6,11H,7-10H2,1-2H3,(H2,15,18)/p+1/t11-/m0/s1. The van der Waals surface area contributed by atoms with Crippen molar-refractivity contribution in [2.24, 2.45) is 5.73 Å². The lowest BCUT2D eigenvalue weighted by molar-refractivity contribution is -0.914. The maximum absolute atomic E-state index is 11.2. The molecular formula is C14H22N3O2+. The van der Waals surface area contributed by atoms with Gasteiger partial charge in [-0.3, -0.25) is 4.79 Å². The second-order valence-electron chi connectivity index (χ2n) is 4.97. The van der Waals surface area contributed by atoms with Crippen LogP contribution in [0, 0.1) is 0 Å².